The Labute approximate surface area is 76.3 Å². The molecule has 0 saturated carbocycles. The van der Waals surface area contributed by atoms with Gasteiger partial charge in [-0.15, -0.1) is 0 Å². The maximum atomic E-state index is 3.55. The molecule has 2 nitrogen and oxygen atoms in total. The van der Waals surface area contributed by atoms with Crippen molar-refractivity contribution in [1.29, 1.82) is 0 Å². The average Bonchev–Trinajstić information content (AvgIpc) is 1.97. The van der Waals surface area contributed by atoms with Crippen molar-refractivity contribution in [2.24, 2.45) is 0 Å². The predicted octanol–water partition coefficient (Wildman–Crippen LogP) is 1.47. The molecule has 1 rings (SSSR count). The van der Waals surface area contributed by atoms with Crippen LogP contribution in [-0.2, 0) is 0 Å². The van der Waals surface area contributed by atoms with E-state index in [0.717, 1.165) is 6.54 Å². The van der Waals surface area contributed by atoms with Crippen LogP contribution in [0.15, 0.2) is 0 Å². The fourth-order valence-corrected chi connectivity index (χ4v) is 1.86. The lowest BCUT2D eigenvalue weighted by Crippen LogP contribution is -2.60. The largest absolute Gasteiger partial charge is 0.309 e. The number of piperazine rings is 1. The zero-order chi connectivity index (χ0) is 9.19. The molecule has 72 valence electrons. The van der Waals surface area contributed by atoms with Crippen molar-refractivity contribution in [1.82, 2.24) is 10.2 Å². The molecule has 0 aliphatic carbocycles. The van der Waals surface area contributed by atoms with Gasteiger partial charge in [0, 0.05) is 24.7 Å². The monoisotopic (exact) mass is 170 g/mol. The third-order valence-corrected chi connectivity index (χ3v) is 2.61. The molecule has 1 aliphatic heterocycles. The Morgan fingerprint density at radius 1 is 1.50 bits per heavy atom. The lowest BCUT2D eigenvalue weighted by Gasteiger charge is -2.43. The molecule has 1 heterocycles. The van der Waals surface area contributed by atoms with E-state index in [1.807, 2.05) is 0 Å². The summed E-state index contributed by atoms with van der Waals surface area (Å²) in [5.41, 5.74) is 0.307. The highest BCUT2D eigenvalue weighted by molar-refractivity contribution is 4.90. The van der Waals surface area contributed by atoms with Gasteiger partial charge in [-0.3, -0.25) is 4.90 Å². The number of nitrogens with one attached hydrogen (secondary N) is 1. The van der Waals surface area contributed by atoms with E-state index in [9.17, 15) is 0 Å². The van der Waals surface area contributed by atoms with Gasteiger partial charge in [0.25, 0.3) is 0 Å². The minimum atomic E-state index is 0.307. The Morgan fingerprint density at radius 3 is 2.75 bits per heavy atom. The topological polar surface area (TPSA) is 15.3 Å². The van der Waals surface area contributed by atoms with Crippen LogP contribution in [0.25, 0.3) is 0 Å². The normalized spacial score (nSPS) is 30.5. The van der Waals surface area contributed by atoms with E-state index in [-0.39, 0.29) is 0 Å². The Morgan fingerprint density at radius 2 is 2.17 bits per heavy atom. The average molecular weight is 170 g/mol. The quantitative estimate of drug-likeness (QED) is 0.675. The van der Waals surface area contributed by atoms with Crippen molar-refractivity contribution in [3.05, 3.63) is 0 Å². The zero-order valence-corrected chi connectivity index (χ0v) is 8.85. The zero-order valence-electron chi connectivity index (χ0n) is 8.85. The molecule has 0 radical (unpaired) electrons. The fraction of sp³-hybridized carbons (Fsp3) is 1.00. The molecule has 0 aromatic heterocycles. The highest BCUT2D eigenvalue weighted by Gasteiger charge is 2.29. The first kappa shape index (κ1) is 10.0. The Balaban J connectivity index is 2.47. The summed E-state index contributed by atoms with van der Waals surface area (Å²) in [5, 5.41) is 3.55. The van der Waals surface area contributed by atoms with E-state index in [4.69, 9.17) is 0 Å². The number of rotatable bonds is 2. The van der Waals surface area contributed by atoms with Crippen LogP contribution in [0, 0.1) is 0 Å². The Hall–Kier alpha value is -0.0800. The van der Waals surface area contributed by atoms with Gasteiger partial charge in [-0.05, 0) is 33.7 Å². The highest BCUT2D eigenvalue weighted by atomic mass is 15.2. The molecular weight excluding hydrogens is 148 g/mol. The van der Waals surface area contributed by atoms with Gasteiger partial charge < -0.3 is 5.32 Å². The van der Waals surface area contributed by atoms with E-state index in [1.54, 1.807) is 0 Å². The molecule has 0 aromatic rings. The molecular formula is C10H22N2. The summed E-state index contributed by atoms with van der Waals surface area (Å²) in [4.78, 5) is 2.58. The molecule has 1 fully saturated rings. The molecule has 0 bridgehead atoms. The summed E-state index contributed by atoms with van der Waals surface area (Å²) in [7, 11) is 0. The van der Waals surface area contributed by atoms with Crippen molar-refractivity contribution in [3.8, 4) is 0 Å². The second-order valence-electron chi connectivity index (χ2n) is 4.58. The van der Waals surface area contributed by atoms with Gasteiger partial charge >= 0.3 is 0 Å². The SMILES string of the molecule is CCCN1CC(C)(C)NCC1C. The summed E-state index contributed by atoms with van der Waals surface area (Å²) in [6, 6.07) is 0.706. The first-order valence-electron chi connectivity index (χ1n) is 5.04. The van der Waals surface area contributed by atoms with E-state index in [1.165, 1.54) is 19.5 Å². The summed E-state index contributed by atoms with van der Waals surface area (Å²) >= 11 is 0. The van der Waals surface area contributed by atoms with Gasteiger partial charge in [0.1, 0.15) is 0 Å². The standard InChI is InChI=1S/C10H22N2/c1-5-6-12-8-10(3,4)11-7-9(12)2/h9,11H,5-8H2,1-4H3. The lowest BCUT2D eigenvalue weighted by molar-refractivity contribution is 0.105. The van der Waals surface area contributed by atoms with Crippen molar-refractivity contribution in [2.75, 3.05) is 19.6 Å². The number of nitrogens with zero attached hydrogens (tertiary/aromatic N) is 1. The second kappa shape index (κ2) is 3.75. The van der Waals surface area contributed by atoms with Crippen LogP contribution in [0.4, 0.5) is 0 Å². The molecule has 0 spiro atoms. The molecule has 1 aliphatic rings. The molecule has 1 unspecified atom stereocenters. The first-order chi connectivity index (χ1) is 5.55. The van der Waals surface area contributed by atoms with Crippen molar-refractivity contribution < 1.29 is 0 Å². The van der Waals surface area contributed by atoms with Crippen molar-refractivity contribution in [2.45, 2.75) is 45.7 Å². The van der Waals surface area contributed by atoms with Gasteiger partial charge in [-0.2, -0.15) is 0 Å². The number of hydrogen-bond acceptors (Lipinski definition) is 2. The smallest absolute Gasteiger partial charge is 0.0252 e. The lowest BCUT2D eigenvalue weighted by atomic mass is 9.99. The maximum Gasteiger partial charge on any atom is 0.0252 e. The highest BCUT2D eigenvalue weighted by Crippen LogP contribution is 2.14. The maximum absolute atomic E-state index is 3.55. The van der Waals surface area contributed by atoms with E-state index >= 15 is 0 Å². The number of hydrogen-bond donors (Lipinski definition) is 1. The summed E-state index contributed by atoms with van der Waals surface area (Å²) in [6.45, 7) is 12.7. The summed E-state index contributed by atoms with van der Waals surface area (Å²) < 4.78 is 0. The molecule has 0 amide bonds. The van der Waals surface area contributed by atoms with Crippen LogP contribution in [0.1, 0.15) is 34.1 Å². The predicted molar refractivity (Wildman–Crippen MR) is 53.4 cm³/mol. The molecule has 1 atom stereocenters. The molecule has 2 heteroatoms. The minimum absolute atomic E-state index is 0.307. The van der Waals surface area contributed by atoms with Crippen LogP contribution in [-0.4, -0.2) is 36.1 Å². The fourth-order valence-electron chi connectivity index (χ4n) is 1.86. The van der Waals surface area contributed by atoms with Crippen LogP contribution < -0.4 is 5.32 Å². The molecule has 1 saturated heterocycles. The summed E-state index contributed by atoms with van der Waals surface area (Å²) in [6.07, 6.45) is 1.26. The van der Waals surface area contributed by atoms with E-state index in [0.29, 0.717) is 11.6 Å². The summed E-state index contributed by atoms with van der Waals surface area (Å²) in [5.74, 6) is 0. The van der Waals surface area contributed by atoms with Crippen LogP contribution in [0.2, 0.25) is 0 Å². The van der Waals surface area contributed by atoms with Crippen molar-refractivity contribution >= 4 is 0 Å². The van der Waals surface area contributed by atoms with Crippen LogP contribution in [0.3, 0.4) is 0 Å². The minimum Gasteiger partial charge on any atom is -0.309 e. The molecule has 0 aromatic carbocycles. The molecule has 1 N–H and O–H groups in total. The van der Waals surface area contributed by atoms with Gasteiger partial charge in [0.2, 0.25) is 0 Å². The Kier molecular flexibility index (Phi) is 3.13. The van der Waals surface area contributed by atoms with Gasteiger partial charge in [-0.1, -0.05) is 6.92 Å². The second-order valence-corrected chi connectivity index (χ2v) is 4.58. The van der Waals surface area contributed by atoms with E-state index in [2.05, 4.69) is 37.9 Å². The van der Waals surface area contributed by atoms with Crippen LogP contribution in [0.5, 0.6) is 0 Å². The molecule has 12 heavy (non-hydrogen) atoms. The van der Waals surface area contributed by atoms with Crippen molar-refractivity contribution in [3.63, 3.8) is 0 Å². The first-order valence-corrected chi connectivity index (χ1v) is 5.04. The third kappa shape index (κ3) is 2.46. The van der Waals surface area contributed by atoms with Gasteiger partial charge in [-0.25, -0.2) is 0 Å². The van der Waals surface area contributed by atoms with Crippen LogP contribution >= 0.6 is 0 Å². The van der Waals surface area contributed by atoms with Gasteiger partial charge in [0.15, 0.2) is 0 Å². The third-order valence-electron chi connectivity index (χ3n) is 2.61. The van der Waals surface area contributed by atoms with E-state index < -0.39 is 0 Å². The van der Waals surface area contributed by atoms with Gasteiger partial charge in [0.05, 0.1) is 0 Å². The Bertz CT molecular complexity index is 143.